The molecule has 1 fully saturated rings. The van der Waals surface area contributed by atoms with Gasteiger partial charge in [0.2, 0.25) is 0 Å². The zero-order chi connectivity index (χ0) is 13.1. The van der Waals surface area contributed by atoms with Crippen LogP contribution < -0.4 is 0 Å². The van der Waals surface area contributed by atoms with Gasteiger partial charge in [0.1, 0.15) is 0 Å². The normalized spacial score (nSPS) is 16.5. The van der Waals surface area contributed by atoms with Crippen molar-refractivity contribution in [3.63, 3.8) is 0 Å². The van der Waals surface area contributed by atoms with Crippen molar-refractivity contribution in [1.82, 2.24) is 20.1 Å². The summed E-state index contributed by atoms with van der Waals surface area (Å²) in [6.07, 6.45) is 7.07. The van der Waals surface area contributed by atoms with Crippen molar-refractivity contribution in [3.05, 3.63) is 48.0 Å². The molecule has 1 saturated heterocycles. The van der Waals surface area contributed by atoms with Gasteiger partial charge in [0.25, 0.3) is 5.91 Å². The summed E-state index contributed by atoms with van der Waals surface area (Å²) in [5.74, 6) is 0.592. The fourth-order valence-electron chi connectivity index (χ4n) is 2.56. The summed E-state index contributed by atoms with van der Waals surface area (Å²) in [5, 5.41) is 7.01. The highest BCUT2D eigenvalue weighted by Crippen LogP contribution is 2.26. The topological polar surface area (TPSA) is 61.9 Å². The minimum Gasteiger partial charge on any atom is -0.339 e. The lowest BCUT2D eigenvalue weighted by molar-refractivity contribution is 0.0712. The van der Waals surface area contributed by atoms with Crippen LogP contribution >= 0.6 is 0 Å². The van der Waals surface area contributed by atoms with Gasteiger partial charge in [-0.2, -0.15) is 5.10 Å². The monoisotopic (exact) mass is 256 g/mol. The highest BCUT2D eigenvalue weighted by atomic mass is 16.2. The standard InChI is InChI=1S/C14H16N4O/c19-14(12-1-6-15-7-2-12)18-9-4-11(5-10-18)13-3-8-16-17-13/h1-3,6-8,11H,4-5,9-10H2,(H,16,17). The Morgan fingerprint density at radius 3 is 2.53 bits per heavy atom. The van der Waals surface area contributed by atoms with Gasteiger partial charge in [0, 0.05) is 48.9 Å². The summed E-state index contributed by atoms with van der Waals surface area (Å²) in [6.45, 7) is 1.59. The molecule has 0 radical (unpaired) electrons. The third-order valence-electron chi connectivity index (χ3n) is 3.67. The number of aromatic nitrogens is 3. The van der Waals surface area contributed by atoms with Crippen LogP contribution in [0.2, 0.25) is 0 Å². The van der Waals surface area contributed by atoms with Crippen molar-refractivity contribution in [1.29, 1.82) is 0 Å². The maximum absolute atomic E-state index is 12.3. The molecule has 0 bridgehead atoms. The summed E-state index contributed by atoms with van der Waals surface area (Å²) >= 11 is 0. The van der Waals surface area contributed by atoms with E-state index in [1.165, 1.54) is 5.69 Å². The molecule has 2 aromatic heterocycles. The first kappa shape index (κ1) is 11.9. The molecule has 5 nitrogen and oxygen atoms in total. The predicted molar refractivity (Wildman–Crippen MR) is 70.7 cm³/mol. The number of piperidine rings is 1. The molecule has 3 rings (SSSR count). The van der Waals surface area contributed by atoms with Gasteiger partial charge in [-0.1, -0.05) is 0 Å². The minimum absolute atomic E-state index is 0.102. The van der Waals surface area contributed by atoms with Crippen LogP contribution in [0.5, 0.6) is 0 Å². The molecule has 1 aliphatic rings. The number of amides is 1. The van der Waals surface area contributed by atoms with Crippen LogP contribution in [0, 0.1) is 0 Å². The van der Waals surface area contributed by atoms with Crippen LogP contribution in [0.3, 0.4) is 0 Å². The van der Waals surface area contributed by atoms with Gasteiger partial charge in [0.05, 0.1) is 0 Å². The number of carbonyl (C=O) groups excluding carboxylic acids is 1. The van der Waals surface area contributed by atoms with Gasteiger partial charge >= 0.3 is 0 Å². The maximum Gasteiger partial charge on any atom is 0.253 e. The zero-order valence-corrected chi connectivity index (χ0v) is 10.6. The van der Waals surface area contributed by atoms with Crippen LogP contribution in [0.15, 0.2) is 36.8 Å². The van der Waals surface area contributed by atoms with Crippen molar-refractivity contribution >= 4 is 5.91 Å². The lowest BCUT2D eigenvalue weighted by atomic mass is 9.93. The largest absolute Gasteiger partial charge is 0.339 e. The second-order valence-corrected chi connectivity index (χ2v) is 4.81. The second-order valence-electron chi connectivity index (χ2n) is 4.81. The Labute approximate surface area is 111 Å². The van der Waals surface area contributed by atoms with E-state index in [0.29, 0.717) is 5.92 Å². The number of rotatable bonds is 2. The minimum atomic E-state index is 0.102. The smallest absolute Gasteiger partial charge is 0.253 e. The SMILES string of the molecule is O=C(c1ccncc1)N1CCC(c2ccn[nH]2)CC1. The first-order chi connectivity index (χ1) is 9.34. The molecule has 5 heteroatoms. The van der Waals surface area contributed by atoms with Crippen molar-refractivity contribution in [2.45, 2.75) is 18.8 Å². The quantitative estimate of drug-likeness (QED) is 0.891. The van der Waals surface area contributed by atoms with Gasteiger partial charge in [-0.05, 0) is 31.0 Å². The summed E-state index contributed by atoms with van der Waals surface area (Å²) in [4.78, 5) is 18.1. The molecule has 1 aliphatic heterocycles. The average Bonchev–Trinajstić information content (AvgIpc) is 3.02. The van der Waals surface area contributed by atoms with Crippen molar-refractivity contribution in [2.75, 3.05) is 13.1 Å². The molecule has 0 atom stereocenters. The van der Waals surface area contributed by atoms with Crippen LogP contribution in [-0.2, 0) is 0 Å². The van der Waals surface area contributed by atoms with E-state index in [9.17, 15) is 4.79 Å². The first-order valence-electron chi connectivity index (χ1n) is 6.53. The molecule has 0 aromatic carbocycles. The Morgan fingerprint density at radius 1 is 1.16 bits per heavy atom. The average molecular weight is 256 g/mol. The van der Waals surface area contributed by atoms with Gasteiger partial charge < -0.3 is 4.90 Å². The van der Waals surface area contributed by atoms with Crippen molar-refractivity contribution in [3.8, 4) is 0 Å². The summed E-state index contributed by atoms with van der Waals surface area (Å²) in [6, 6.07) is 5.55. The summed E-state index contributed by atoms with van der Waals surface area (Å²) in [7, 11) is 0. The maximum atomic E-state index is 12.3. The molecule has 19 heavy (non-hydrogen) atoms. The Balaban J connectivity index is 1.63. The van der Waals surface area contributed by atoms with Crippen LogP contribution in [0.25, 0.3) is 0 Å². The molecule has 0 aliphatic carbocycles. The third kappa shape index (κ3) is 2.50. The van der Waals surface area contributed by atoms with E-state index in [0.717, 1.165) is 31.5 Å². The molecule has 1 N–H and O–H groups in total. The van der Waals surface area contributed by atoms with Gasteiger partial charge in [0.15, 0.2) is 0 Å². The Hall–Kier alpha value is -2.17. The number of nitrogens with one attached hydrogen (secondary N) is 1. The Morgan fingerprint density at radius 2 is 1.89 bits per heavy atom. The summed E-state index contributed by atoms with van der Waals surface area (Å²) < 4.78 is 0. The summed E-state index contributed by atoms with van der Waals surface area (Å²) in [5.41, 5.74) is 1.89. The van der Waals surface area contributed by atoms with Crippen molar-refractivity contribution < 1.29 is 4.79 Å². The highest BCUT2D eigenvalue weighted by Gasteiger charge is 2.24. The lowest BCUT2D eigenvalue weighted by Gasteiger charge is -2.31. The van der Waals surface area contributed by atoms with E-state index < -0.39 is 0 Å². The van der Waals surface area contributed by atoms with E-state index in [2.05, 4.69) is 15.2 Å². The number of hydrogen-bond acceptors (Lipinski definition) is 3. The Bertz CT molecular complexity index is 530. The number of likely N-dealkylation sites (tertiary alicyclic amines) is 1. The number of aromatic amines is 1. The van der Waals surface area contributed by atoms with E-state index in [1.54, 1.807) is 30.7 Å². The van der Waals surface area contributed by atoms with Crippen molar-refractivity contribution in [2.24, 2.45) is 0 Å². The molecule has 3 heterocycles. The van der Waals surface area contributed by atoms with Crippen LogP contribution in [0.1, 0.15) is 34.8 Å². The van der Waals surface area contributed by atoms with Gasteiger partial charge in [-0.15, -0.1) is 0 Å². The van der Waals surface area contributed by atoms with E-state index in [4.69, 9.17) is 0 Å². The molecule has 0 saturated carbocycles. The van der Waals surface area contributed by atoms with Gasteiger partial charge in [-0.3, -0.25) is 14.9 Å². The molecule has 2 aromatic rings. The molecule has 0 spiro atoms. The number of nitrogens with zero attached hydrogens (tertiary/aromatic N) is 3. The van der Waals surface area contributed by atoms with E-state index in [1.807, 2.05) is 11.0 Å². The fourth-order valence-corrected chi connectivity index (χ4v) is 2.56. The first-order valence-corrected chi connectivity index (χ1v) is 6.53. The Kier molecular flexibility index (Phi) is 3.27. The second kappa shape index (κ2) is 5.22. The number of carbonyl (C=O) groups is 1. The highest BCUT2D eigenvalue weighted by molar-refractivity contribution is 5.94. The van der Waals surface area contributed by atoms with Crippen LogP contribution in [-0.4, -0.2) is 39.1 Å². The predicted octanol–water partition coefficient (Wildman–Crippen LogP) is 1.82. The molecular weight excluding hydrogens is 240 g/mol. The molecule has 0 unspecified atom stereocenters. The number of pyridine rings is 1. The number of hydrogen-bond donors (Lipinski definition) is 1. The van der Waals surface area contributed by atoms with Gasteiger partial charge in [-0.25, -0.2) is 0 Å². The van der Waals surface area contributed by atoms with Crippen LogP contribution in [0.4, 0.5) is 0 Å². The fraction of sp³-hybridized carbons (Fsp3) is 0.357. The zero-order valence-electron chi connectivity index (χ0n) is 10.6. The van der Waals surface area contributed by atoms with E-state index in [-0.39, 0.29) is 5.91 Å². The molecule has 98 valence electrons. The lowest BCUT2D eigenvalue weighted by Crippen LogP contribution is -2.38. The molecule has 1 amide bonds. The van der Waals surface area contributed by atoms with E-state index >= 15 is 0 Å². The molecular formula is C14H16N4O. The number of H-pyrrole nitrogens is 1. The third-order valence-corrected chi connectivity index (χ3v) is 3.67.